The summed E-state index contributed by atoms with van der Waals surface area (Å²) in [5, 5.41) is 12.5. The van der Waals surface area contributed by atoms with E-state index in [9.17, 15) is 9.90 Å². The fourth-order valence-corrected chi connectivity index (χ4v) is 2.46. The molecule has 1 fully saturated rings. The molecule has 86 valence electrons. The summed E-state index contributed by atoms with van der Waals surface area (Å²) >= 11 is 2.12. The lowest BCUT2D eigenvalue weighted by Gasteiger charge is -2.33. The molecule has 0 bridgehead atoms. The van der Waals surface area contributed by atoms with E-state index in [0.717, 1.165) is 16.4 Å². The molecule has 0 radical (unpaired) electrons. The Balaban J connectivity index is 2.05. The van der Waals surface area contributed by atoms with Gasteiger partial charge in [-0.15, -0.1) is 0 Å². The van der Waals surface area contributed by atoms with Gasteiger partial charge in [-0.05, 0) is 59.5 Å². The number of hydrogen-bond acceptors (Lipinski definition) is 2. The van der Waals surface area contributed by atoms with Crippen molar-refractivity contribution in [2.24, 2.45) is 5.92 Å². The molecule has 0 aromatic heterocycles. The van der Waals surface area contributed by atoms with E-state index in [1.807, 2.05) is 0 Å². The van der Waals surface area contributed by atoms with Crippen LogP contribution in [0.15, 0.2) is 18.2 Å². The molecule has 1 aliphatic carbocycles. The number of phenols is 1. The number of hydrogen-bond donors (Lipinski definition) is 2. The van der Waals surface area contributed by atoms with E-state index < -0.39 is 0 Å². The summed E-state index contributed by atoms with van der Waals surface area (Å²) in [7, 11) is 0. The Hall–Kier alpha value is -0.780. The van der Waals surface area contributed by atoms with E-state index in [1.165, 1.54) is 0 Å². The molecule has 0 unspecified atom stereocenters. The summed E-state index contributed by atoms with van der Waals surface area (Å²) in [5.41, 5.74) is 0.367. The smallest absolute Gasteiger partial charge is 0.255 e. The minimum absolute atomic E-state index is 0.0466. The van der Waals surface area contributed by atoms with Crippen LogP contribution in [0.25, 0.3) is 0 Å². The normalized spacial score (nSPS) is 23.6. The zero-order valence-corrected chi connectivity index (χ0v) is 11.2. The van der Waals surface area contributed by atoms with Crippen molar-refractivity contribution in [1.29, 1.82) is 0 Å². The fraction of sp³-hybridized carbons (Fsp3) is 0.417. The van der Waals surface area contributed by atoms with E-state index >= 15 is 0 Å². The summed E-state index contributed by atoms with van der Waals surface area (Å²) in [6, 6.07) is 5.31. The van der Waals surface area contributed by atoms with Crippen molar-refractivity contribution in [2.75, 3.05) is 0 Å². The van der Waals surface area contributed by atoms with Crippen LogP contribution in [0.4, 0.5) is 0 Å². The highest BCUT2D eigenvalue weighted by Gasteiger charge is 2.27. The van der Waals surface area contributed by atoms with Gasteiger partial charge in [0.1, 0.15) is 5.75 Å². The lowest BCUT2D eigenvalue weighted by molar-refractivity contribution is 0.0893. The number of benzene rings is 1. The van der Waals surface area contributed by atoms with Gasteiger partial charge in [0.2, 0.25) is 0 Å². The van der Waals surface area contributed by atoms with E-state index in [1.54, 1.807) is 18.2 Å². The summed E-state index contributed by atoms with van der Waals surface area (Å²) < 4.78 is 0.947. The maximum absolute atomic E-state index is 11.9. The van der Waals surface area contributed by atoms with Crippen molar-refractivity contribution in [1.82, 2.24) is 5.32 Å². The molecule has 1 aromatic rings. The molecular weight excluding hydrogens is 317 g/mol. The number of aromatic hydroxyl groups is 1. The second-order valence-corrected chi connectivity index (χ2v) is 5.65. The second kappa shape index (κ2) is 4.61. The maximum atomic E-state index is 11.9. The van der Waals surface area contributed by atoms with Crippen LogP contribution in [0, 0.1) is 9.49 Å². The Bertz CT molecular complexity index is 413. The molecular formula is C12H14INO2. The van der Waals surface area contributed by atoms with Crippen LogP contribution in [0.1, 0.15) is 30.1 Å². The first kappa shape index (κ1) is 11.7. The number of carbonyl (C=O) groups excluding carboxylic acids is 1. The average molecular weight is 331 g/mol. The molecule has 0 heterocycles. The number of halogens is 1. The van der Waals surface area contributed by atoms with Gasteiger partial charge in [0.05, 0.1) is 5.56 Å². The van der Waals surface area contributed by atoms with Crippen LogP contribution in [-0.2, 0) is 0 Å². The standard InChI is InChI=1S/C12H14INO2/c1-7-4-9(5-7)14-12(16)10-6-8(13)2-3-11(10)15/h2-3,6-7,9,15H,4-5H2,1H3,(H,14,16). The number of nitrogens with one attached hydrogen (secondary N) is 1. The lowest BCUT2D eigenvalue weighted by Crippen LogP contribution is -2.43. The Morgan fingerprint density at radius 2 is 2.19 bits per heavy atom. The molecule has 2 N–H and O–H groups in total. The van der Waals surface area contributed by atoms with Crippen LogP contribution in [0.5, 0.6) is 5.75 Å². The molecule has 3 nitrogen and oxygen atoms in total. The van der Waals surface area contributed by atoms with Crippen molar-refractivity contribution in [3.8, 4) is 5.75 Å². The predicted molar refractivity (Wildman–Crippen MR) is 70.5 cm³/mol. The van der Waals surface area contributed by atoms with Gasteiger partial charge in [0.25, 0.3) is 5.91 Å². The van der Waals surface area contributed by atoms with Crippen molar-refractivity contribution in [3.63, 3.8) is 0 Å². The van der Waals surface area contributed by atoms with Crippen molar-refractivity contribution in [3.05, 3.63) is 27.3 Å². The van der Waals surface area contributed by atoms with Crippen LogP contribution < -0.4 is 5.32 Å². The van der Waals surface area contributed by atoms with Gasteiger partial charge in [0.15, 0.2) is 0 Å². The Labute approximate surface area is 108 Å². The summed E-state index contributed by atoms with van der Waals surface area (Å²) in [5.74, 6) is 0.577. The number of phenolic OH excluding ortho intramolecular Hbond substituents is 1. The van der Waals surface area contributed by atoms with Gasteiger partial charge in [-0.25, -0.2) is 0 Å². The van der Waals surface area contributed by atoms with E-state index in [4.69, 9.17) is 0 Å². The third kappa shape index (κ3) is 2.48. The van der Waals surface area contributed by atoms with Crippen molar-refractivity contribution < 1.29 is 9.90 Å². The number of rotatable bonds is 2. The second-order valence-electron chi connectivity index (χ2n) is 4.41. The van der Waals surface area contributed by atoms with Gasteiger partial charge in [0, 0.05) is 9.61 Å². The topological polar surface area (TPSA) is 49.3 Å². The molecule has 1 aliphatic rings. The Kier molecular flexibility index (Phi) is 3.37. The van der Waals surface area contributed by atoms with Gasteiger partial charge in [-0.2, -0.15) is 0 Å². The zero-order valence-electron chi connectivity index (χ0n) is 9.03. The minimum Gasteiger partial charge on any atom is -0.507 e. The van der Waals surface area contributed by atoms with E-state index in [2.05, 4.69) is 34.8 Å². The third-order valence-corrected chi connectivity index (χ3v) is 3.58. The molecule has 0 atom stereocenters. The monoisotopic (exact) mass is 331 g/mol. The average Bonchev–Trinajstić information content (AvgIpc) is 2.19. The molecule has 16 heavy (non-hydrogen) atoms. The number of carbonyl (C=O) groups is 1. The summed E-state index contributed by atoms with van der Waals surface area (Å²) in [4.78, 5) is 11.9. The fourth-order valence-electron chi connectivity index (χ4n) is 1.97. The van der Waals surface area contributed by atoms with Gasteiger partial charge >= 0.3 is 0 Å². The van der Waals surface area contributed by atoms with Gasteiger partial charge in [-0.3, -0.25) is 4.79 Å². The highest BCUT2D eigenvalue weighted by molar-refractivity contribution is 14.1. The first-order chi connectivity index (χ1) is 7.56. The lowest BCUT2D eigenvalue weighted by atomic mass is 9.82. The third-order valence-electron chi connectivity index (χ3n) is 2.91. The first-order valence-electron chi connectivity index (χ1n) is 5.35. The van der Waals surface area contributed by atoms with E-state index in [0.29, 0.717) is 11.5 Å². The molecule has 1 saturated carbocycles. The quantitative estimate of drug-likeness (QED) is 0.818. The van der Waals surface area contributed by atoms with Crippen LogP contribution in [-0.4, -0.2) is 17.1 Å². The maximum Gasteiger partial charge on any atom is 0.255 e. The highest BCUT2D eigenvalue weighted by Crippen LogP contribution is 2.27. The Morgan fingerprint density at radius 1 is 1.50 bits per heavy atom. The largest absolute Gasteiger partial charge is 0.507 e. The first-order valence-corrected chi connectivity index (χ1v) is 6.43. The molecule has 1 amide bonds. The zero-order chi connectivity index (χ0) is 11.7. The molecule has 0 spiro atoms. The summed E-state index contributed by atoms with van der Waals surface area (Å²) in [6.07, 6.45) is 2.08. The predicted octanol–water partition coefficient (Wildman–Crippen LogP) is 2.53. The minimum atomic E-state index is -0.173. The highest BCUT2D eigenvalue weighted by atomic mass is 127. The van der Waals surface area contributed by atoms with Gasteiger partial charge in [-0.1, -0.05) is 6.92 Å². The van der Waals surface area contributed by atoms with Crippen LogP contribution in [0.2, 0.25) is 0 Å². The van der Waals surface area contributed by atoms with E-state index in [-0.39, 0.29) is 17.7 Å². The van der Waals surface area contributed by atoms with Crippen LogP contribution in [0.3, 0.4) is 0 Å². The SMILES string of the molecule is CC1CC(NC(=O)c2cc(I)ccc2O)C1. The van der Waals surface area contributed by atoms with Crippen molar-refractivity contribution in [2.45, 2.75) is 25.8 Å². The summed E-state index contributed by atoms with van der Waals surface area (Å²) in [6.45, 7) is 2.17. The number of amides is 1. The molecule has 0 aliphatic heterocycles. The molecule has 4 heteroatoms. The van der Waals surface area contributed by atoms with Gasteiger partial charge < -0.3 is 10.4 Å². The molecule has 2 rings (SSSR count). The Morgan fingerprint density at radius 3 is 2.81 bits per heavy atom. The molecule has 1 aromatic carbocycles. The van der Waals surface area contributed by atoms with Crippen LogP contribution >= 0.6 is 22.6 Å². The molecule has 0 saturated heterocycles. The van der Waals surface area contributed by atoms with Crippen molar-refractivity contribution >= 4 is 28.5 Å².